The van der Waals surface area contributed by atoms with Gasteiger partial charge in [0.05, 0.1) is 12.7 Å². The molecule has 1 atom stereocenters. The molecule has 4 nitrogen and oxygen atoms in total. The van der Waals surface area contributed by atoms with Gasteiger partial charge in [-0.25, -0.2) is 0 Å². The third-order valence-electron chi connectivity index (χ3n) is 6.01. The minimum absolute atomic E-state index is 0.0892. The second-order valence-corrected chi connectivity index (χ2v) is 8.32. The molecule has 1 saturated carbocycles. The molecule has 2 fully saturated rings. The van der Waals surface area contributed by atoms with Crippen LogP contribution in [0.25, 0.3) is 5.57 Å². The van der Waals surface area contributed by atoms with Crippen molar-refractivity contribution in [1.82, 2.24) is 5.32 Å². The van der Waals surface area contributed by atoms with Gasteiger partial charge in [-0.15, -0.1) is 0 Å². The van der Waals surface area contributed by atoms with Crippen molar-refractivity contribution in [1.29, 1.82) is 0 Å². The molecule has 0 aromatic heterocycles. The molecule has 1 heterocycles. The second kappa shape index (κ2) is 12.7. The third kappa shape index (κ3) is 7.41. The van der Waals surface area contributed by atoms with E-state index in [0.29, 0.717) is 12.5 Å². The van der Waals surface area contributed by atoms with Gasteiger partial charge in [0.1, 0.15) is 6.10 Å². The fourth-order valence-electron chi connectivity index (χ4n) is 4.26. The zero-order valence-corrected chi connectivity index (χ0v) is 18.4. The van der Waals surface area contributed by atoms with Crippen LogP contribution in [0.4, 0.5) is 0 Å². The van der Waals surface area contributed by atoms with Crippen LogP contribution < -0.4 is 5.32 Å². The number of benzene rings is 1. The first-order valence-corrected chi connectivity index (χ1v) is 11.7. The molecule has 0 radical (unpaired) electrons. The first-order valence-electron chi connectivity index (χ1n) is 11.7. The van der Waals surface area contributed by atoms with E-state index in [2.05, 4.69) is 47.8 Å². The van der Waals surface area contributed by atoms with E-state index in [1.54, 1.807) is 0 Å². The van der Waals surface area contributed by atoms with Crippen LogP contribution in [0.2, 0.25) is 0 Å². The summed E-state index contributed by atoms with van der Waals surface area (Å²) in [7, 11) is 0. The third-order valence-corrected chi connectivity index (χ3v) is 6.01. The minimum Gasteiger partial charge on any atom is -0.461 e. The van der Waals surface area contributed by atoms with Gasteiger partial charge < -0.3 is 14.8 Å². The molecule has 1 N–H and O–H groups in total. The standard InChI is InChI=1S/C19H24O.C7H13NO2/c1-2-11-18(12-3-1)20-15-14-17-10-5-4-8-16-9-6-7-13-19(16)17;1-2-7(9)10-6-3-4-8-5-6/h4-7,9-10,13,18H,1-3,8,11-12,14-15H2;6,8H,2-5H2,1H3. The van der Waals surface area contributed by atoms with E-state index >= 15 is 0 Å². The van der Waals surface area contributed by atoms with Gasteiger partial charge in [-0.3, -0.25) is 4.79 Å². The van der Waals surface area contributed by atoms with E-state index < -0.39 is 0 Å². The van der Waals surface area contributed by atoms with E-state index in [1.807, 2.05) is 6.92 Å². The van der Waals surface area contributed by atoms with Crippen LogP contribution in [0.15, 0.2) is 42.5 Å². The van der Waals surface area contributed by atoms with Gasteiger partial charge in [-0.05, 0) is 55.3 Å². The summed E-state index contributed by atoms with van der Waals surface area (Å²) in [6.07, 6.45) is 17.5. The van der Waals surface area contributed by atoms with Crippen molar-refractivity contribution in [3.63, 3.8) is 0 Å². The number of fused-ring (bicyclic) bond motifs is 1. The highest BCUT2D eigenvalue weighted by atomic mass is 16.5. The van der Waals surface area contributed by atoms with E-state index in [4.69, 9.17) is 9.47 Å². The van der Waals surface area contributed by atoms with E-state index in [-0.39, 0.29) is 12.1 Å². The van der Waals surface area contributed by atoms with Gasteiger partial charge >= 0.3 is 5.97 Å². The molecule has 1 unspecified atom stereocenters. The Labute approximate surface area is 181 Å². The summed E-state index contributed by atoms with van der Waals surface area (Å²) in [5.41, 5.74) is 4.26. The number of allylic oxidation sites excluding steroid dienone is 3. The zero-order valence-electron chi connectivity index (χ0n) is 18.4. The Morgan fingerprint density at radius 3 is 2.70 bits per heavy atom. The molecular formula is C26H37NO3. The maximum Gasteiger partial charge on any atom is 0.305 e. The quantitative estimate of drug-likeness (QED) is 0.652. The highest BCUT2D eigenvalue weighted by Crippen LogP contribution is 2.26. The van der Waals surface area contributed by atoms with E-state index in [1.165, 1.54) is 48.8 Å². The second-order valence-electron chi connectivity index (χ2n) is 8.32. The van der Waals surface area contributed by atoms with Crippen LogP contribution in [0, 0.1) is 0 Å². The molecule has 3 aliphatic rings. The monoisotopic (exact) mass is 411 g/mol. The number of carbonyl (C=O) groups excluding carboxylic acids is 1. The average Bonchev–Trinajstić information content (AvgIpc) is 3.21. The first kappa shape index (κ1) is 22.8. The molecule has 0 bridgehead atoms. The summed E-state index contributed by atoms with van der Waals surface area (Å²) in [5.74, 6) is -0.0892. The largest absolute Gasteiger partial charge is 0.461 e. The zero-order chi connectivity index (χ0) is 21.0. The van der Waals surface area contributed by atoms with Gasteiger partial charge in [0, 0.05) is 13.0 Å². The lowest BCUT2D eigenvalue weighted by molar-refractivity contribution is -0.147. The number of rotatable bonds is 6. The summed E-state index contributed by atoms with van der Waals surface area (Å²) < 4.78 is 11.1. The van der Waals surface area contributed by atoms with E-state index in [0.717, 1.165) is 39.0 Å². The molecule has 0 amide bonds. The van der Waals surface area contributed by atoms with Crippen molar-refractivity contribution in [2.24, 2.45) is 0 Å². The lowest BCUT2D eigenvalue weighted by Crippen LogP contribution is -2.20. The molecule has 164 valence electrons. The minimum atomic E-state index is -0.0892. The van der Waals surface area contributed by atoms with Gasteiger partial charge in [0.25, 0.3) is 0 Å². The number of nitrogens with one attached hydrogen (secondary N) is 1. The molecule has 4 rings (SSSR count). The Morgan fingerprint density at radius 2 is 1.93 bits per heavy atom. The number of carbonyl (C=O) groups is 1. The molecule has 2 aliphatic carbocycles. The van der Waals surface area contributed by atoms with Crippen LogP contribution in [0.3, 0.4) is 0 Å². The lowest BCUT2D eigenvalue weighted by Gasteiger charge is -2.22. The fraction of sp³-hybridized carbons (Fsp3) is 0.577. The summed E-state index contributed by atoms with van der Waals surface area (Å²) in [4.78, 5) is 10.7. The van der Waals surface area contributed by atoms with Crippen LogP contribution in [0.5, 0.6) is 0 Å². The molecule has 0 spiro atoms. The Bertz CT molecular complexity index is 713. The topological polar surface area (TPSA) is 47.6 Å². The van der Waals surface area contributed by atoms with Gasteiger partial charge in [0.15, 0.2) is 0 Å². The van der Waals surface area contributed by atoms with Crippen LogP contribution in [-0.2, 0) is 20.7 Å². The van der Waals surface area contributed by atoms with E-state index in [9.17, 15) is 4.79 Å². The van der Waals surface area contributed by atoms with Gasteiger partial charge in [-0.1, -0.05) is 68.7 Å². The highest BCUT2D eigenvalue weighted by molar-refractivity contribution is 5.71. The maximum absolute atomic E-state index is 10.7. The molecule has 1 saturated heterocycles. The van der Waals surface area contributed by atoms with Crippen LogP contribution >= 0.6 is 0 Å². The average molecular weight is 412 g/mol. The Hall–Kier alpha value is -1.91. The van der Waals surface area contributed by atoms with Crippen molar-refractivity contribution < 1.29 is 14.3 Å². The van der Waals surface area contributed by atoms with Crippen molar-refractivity contribution in [3.8, 4) is 0 Å². The highest BCUT2D eigenvalue weighted by Gasteiger charge is 2.17. The Morgan fingerprint density at radius 1 is 1.10 bits per heavy atom. The summed E-state index contributed by atoms with van der Waals surface area (Å²) in [6, 6.07) is 8.75. The summed E-state index contributed by atoms with van der Waals surface area (Å²) in [6.45, 7) is 4.47. The fourth-order valence-corrected chi connectivity index (χ4v) is 4.26. The SMILES string of the molecule is C1=CCc2ccccc2C(CCOC2CCCCC2)=C1.CCC(=O)OC1CCNC1. The van der Waals surface area contributed by atoms with Gasteiger partial charge in [0.2, 0.25) is 0 Å². The molecule has 1 aromatic rings. The maximum atomic E-state index is 10.7. The normalized spacial score (nSPS) is 21.1. The van der Waals surface area contributed by atoms with Crippen molar-refractivity contribution in [3.05, 3.63) is 53.6 Å². The predicted octanol–water partition coefficient (Wildman–Crippen LogP) is 5.22. The number of hydrogen-bond acceptors (Lipinski definition) is 4. The molecule has 1 aliphatic heterocycles. The summed E-state index contributed by atoms with van der Waals surface area (Å²) >= 11 is 0. The van der Waals surface area contributed by atoms with Crippen molar-refractivity contribution in [2.45, 2.75) is 76.9 Å². The first-order chi connectivity index (χ1) is 14.8. The smallest absolute Gasteiger partial charge is 0.305 e. The molecule has 30 heavy (non-hydrogen) atoms. The molecular weight excluding hydrogens is 374 g/mol. The number of esters is 1. The van der Waals surface area contributed by atoms with Crippen LogP contribution in [0.1, 0.15) is 69.4 Å². The number of hydrogen-bond donors (Lipinski definition) is 1. The lowest BCUT2D eigenvalue weighted by atomic mass is 9.96. The molecule has 4 heteroatoms. The van der Waals surface area contributed by atoms with Gasteiger partial charge in [-0.2, -0.15) is 0 Å². The summed E-state index contributed by atoms with van der Waals surface area (Å²) in [5, 5.41) is 3.12. The van der Waals surface area contributed by atoms with Crippen molar-refractivity contribution >= 4 is 11.5 Å². The number of ether oxygens (including phenoxy) is 2. The van der Waals surface area contributed by atoms with Crippen molar-refractivity contribution in [2.75, 3.05) is 19.7 Å². The Balaban J connectivity index is 0.000000216. The van der Waals surface area contributed by atoms with Crippen LogP contribution in [-0.4, -0.2) is 37.9 Å². The molecule has 1 aromatic carbocycles. The Kier molecular flexibility index (Phi) is 9.65. The predicted molar refractivity (Wildman–Crippen MR) is 122 cm³/mol.